The normalized spacial score (nSPS) is 13.2. The maximum Gasteiger partial charge on any atom is 0.169 e. The Bertz CT molecular complexity index is 611. The van der Waals surface area contributed by atoms with Gasteiger partial charge in [0.1, 0.15) is 6.26 Å². The number of hydrogen-bond acceptors (Lipinski definition) is 4. The highest BCUT2D eigenvalue weighted by Gasteiger charge is 2.15. The van der Waals surface area contributed by atoms with Crippen LogP contribution in [-0.2, 0) is 6.54 Å². The van der Waals surface area contributed by atoms with Gasteiger partial charge in [-0.2, -0.15) is 0 Å². The van der Waals surface area contributed by atoms with E-state index in [1.807, 2.05) is 54.6 Å². The third kappa shape index (κ3) is 2.99. The third-order valence-corrected chi connectivity index (χ3v) is 2.99. The van der Waals surface area contributed by atoms with E-state index in [0.717, 1.165) is 17.1 Å². The molecule has 4 heteroatoms. The van der Waals surface area contributed by atoms with Crippen LogP contribution >= 0.6 is 0 Å². The van der Waals surface area contributed by atoms with E-state index in [9.17, 15) is 0 Å². The standard InChI is InChI=1S/C16H16N2O2/c17-18(10-13-6-2-1-3-7-13)11-14-12-19-15-8-4-5-9-16(15)20-14/h1-9,12H,10-11,17H2. The molecule has 20 heavy (non-hydrogen) atoms. The Labute approximate surface area is 118 Å². The number of fused-ring (bicyclic) bond motifs is 1. The van der Waals surface area contributed by atoms with Crippen LogP contribution in [0, 0.1) is 0 Å². The Morgan fingerprint density at radius 1 is 0.850 bits per heavy atom. The van der Waals surface area contributed by atoms with Gasteiger partial charge in [-0.15, -0.1) is 0 Å². The van der Waals surface area contributed by atoms with Crippen LogP contribution in [0.2, 0.25) is 0 Å². The summed E-state index contributed by atoms with van der Waals surface area (Å²) < 4.78 is 11.3. The molecule has 3 rings (SSSR count). The third-order valence-electron chi connectivity index (χ3n) is 2.99. The molecule has 0 amide bonds. The van der Waals surface area contributed by atoms with Crippen molar-refractivity contribution in [1.29, 1.82) is 0 Å². The minimum absolute atomic E-state index is 0.489. The highest BCUT2D eigenvalue weighted by Crippen LogP contribution is 2.31. The van der Waals surface area contributed by atoms with E-state index in [1.165, 1.54) is 0 Å². The minimum atomic E-state index is 0.489. The summed E-state index contributed by atoms with van der Waals surface area (Å²) in [6.07, 6.45) is 1.60. The Hall–Kier alpha value is -2.30. The van der Waals surface area contributed by atoms with Gasteiger partial charge < -0.3 is 9.47 Å². The largest absolute Gasteiger partial charge is 0.457 e. The average molecular weight is 268 g/mol. The maximum atomic E-state index is 6.01. The molecule has 0 bridgehead atoms. The van der Waals surface area contributed by atoms with Crippen LogP contribution in [0.5, 0.6) is 11.5 Å². The molecule has 1 aliphatic rings. The van der Waals surface area contributed by atoms with Crippen molar-refractivity contribution in [3.8, 4) is 11.5 Å². The number of para-hydroxylation sites is 2. The highest BCUT2D eigenvalue weighted by molar-refractivity contribution is 5.42. The lowest BCUT2D eigenvalue weighted by Crippen LogP contribution is -2.34. The summed E-state index contributed by atoms with van der Waals surface area (Å²) in [5.41, 5.74) is 1.16. The fraction of sp³-hybridized carbons (Fsp3) is 0.125. The van der Waals surface area contributed by atoms with Gasteiger partial charge in [0.25, 0.3) is 0 Å². The van der Waals surface area contributed by atoms with Gasteiger partial charge in [-0.25, -0.2) is 5.01 Å². The molecule has 0 spiro atoms. The lowest BCUT2D eigenvalue weighted by molar-refractivity contribution is 0.232. The minimum Gasteiger partial charge on any atom is -0.457 e. The van der Waals surface area contributed by atoms with E-state index in [0.29, 0.717) is 18.8 Å². The van der Waals surface area contributed by atoms with Gasteiger partial charge in [-0.3, -0.25) is 5.84 Å². The first-order chi connectivity index (χ1) is 9.81. The Kier molecular flexibility index (Phi) is 3.67. The SMILES string of the molecule is NN(CC1=COc2ccccc2O1)Cc1ccccc1. The topological polar surface area (TPSA) is 47.7 Å². The summed E-state index contributed by atoms with van der Waals surface area (Å²) in [7, 11) is 0. The molecular weight excluding hydrogens is 252 g/mol. The van der Waals surface area contributed by atoms with E-state index in [4.69, 9.17) is 15.3 Å². The van der Waals surface area contributed by atoms with E-state index < -0.39 is 0 Å². The molecule has 0 radical (unpaired) electrons. The first-order valence-corrected chi connectivity index (χ1v) is 6.47. The summed E-state index contributed by atoms with van der Waals surface area (Å²) in [4.78, 5) is 0. The van der Waals surface area contributed by atoms with Crippen molar-refractivity contribution in [3.05, 3.63) is 72.2 Å². The van der Waals surface area contributed by atoms with Gasteiger partial charge in [0.2, 0.25) is 0 Å². The summed E-state index contributed by atoms with van der Waals surface area (Å²) in [5, 5.41) is 1.69. The fourth-order valence-electron chi connectivity index (χ4n) is 2.07. The van der Waals surface area contributed by atoms with Gasteiger partial charge in [0.15, 0.2) is 17.3 Å². The number of hydrazine groups is 1. The molecule has 1 heterocycles. The van der Waals surface area contributed by atoms with Crippen molar-refractivity contribution in [1.82, 2.24) is 5.01 Å². The number of nitrogens with zero attached hydrogens (tertiary/aromatic N) is 1. The summed E-state index contributed by atoms with van der Waals surface area (Å²) in [6.45, 7) is 1.15. The lowest BCUT2D eigenvalue weighted by Gasteiger charge is -2.22. The van der Waals surface area contributed by atoms with Gasteiger partial charge >= 0.3 is 0 Å². The van der Waals surface area contributed by atoms with E-state index >= 15 is 0 Å². The smallest absolute Gasteiger partial charge is 0.169 e. The van der Waals surface area contributed by atoms with E-state index in [1.54, 1.807) is 11.3 Å². The molecule has 0 unspecified atom stereocenters. The monoisotopic (exact) mass is 268 g/mol. The van der Waals surface area contributed by atoms with Crippen LogP contribution < -0.4 is 15.3 Å². The molecule has 0 atom stereocenters. The Balaban J connectivity index is 1.60. The van der Waals surface area contributed by atoms with Crippen LogP contribution in [0.4, 0.5) is 0 Å². The van der Waals surface area contributed by atoms with Crippen molar-refractivity contribution in [2.45, 2.75) is 6.54 Å². The van der Waals surface area contributed by atoms with Crippen molar-refractivity contribution < 1.29 is 9.47 Å². The molecule has 2 aromatic carbocycles. The van der Waals surface area contributed by atoms with Gasteiger partial charge in [-0.05, 0) is 17.7 Å². The van der Waals surface area contributed by atoms with Crippen LogP contribution in [-0.4, -0.2) is 11.6 Å². The molecule has 0 aliphatic carbocycles. The highest BCUT2D eigenvalue weighted by atomic mass is 16.6. The maximum absolute atomic E-state index is 6.01. The number of hydrogen-bond donors (Lipinski definition) is 1. The second kappa shape index (κ2) is 5.77. The van der Waals surface area contributed by atoms with Crippen molar-refractivity contribution in [2.24, 2.45) is 5.84 Å². The lowest BCUT2D eigenvalue weighted by atomic mass is 10.2. The van der Waals surface area contributed by atoms with E-state index in [2.05, 4.69) is 0 Å². The van der Waals surface area contributed by atoms with Gasteiger partial charge in [0.05, 0.1) is 6.54 Å². The number of ether oxygens (including phenoxy) is 2. The molecule has 1 aliphatic heterocycles. The zero-order valence-electron chi connectivity index (χ0n) is 11.0. The number of nitrogens with two attached hydrogens (primary N) is 1. The molecule has 4 nitrogen and oxygen atoms in total. The second-order valence-electron chi connectivity index (χ2n) is 4.64. The Morgan fingerprint density at radius 3 is 2.35 bits per heavy atom. The second-order valence-corrected chi connectivity index (χ2v) is 4.64. The average Bonchev–Trinajstić information content (AvgIpc) is 2.48. The predicted octanol–water partition coefficient (Wildman–Crippen LogP) is 2.68. The Morgan fingerprint density at radius 2 is 1.55 bits per heavy atom. The first-order valence-electron chi connectivity index (χ1n) is 6.47. The molecule has 2 N–H and O–H groups in total. The van der Waals surface area contributed by atoms with Crippen molar-refractivity contribution >= 4 is 0 Å². The van der Waals surface area contributed by atoms with Crippen LogP contribution in [0.25, 0.3) is 0 Å². The number of rotatable bonds is 4. The van der Waals surface area contributed by atoms with Crippen LogP contribution in [0.3, 0.4) is 0 Å². The quantitative estimate of drug-likeness (QED) is 0.684. The van der Waals surface area contributed by atoms with Gasteiger partial charge in [0, 0.05) is 6.54 Å². The molecule has 0 aromatic heterocycles. The van der Waals surface area contributed by atoms with Crippen LogP contribution in [0.15, 0.2) is 66.6 Å². The molecule has 0 fully saturated rings. The predicted molar refractivity (Wildman–Crippen MR) is 76.8 cm³/mol. The summed E-state index contributed by atoms with van der Waals surface area (Å²) in [5.74, 6) is 8.16. The zero-order chi connectivity index (χ0) is 13.8. The molecule has 102 valence electrons. The molecule has 0 saturated heterocycles. The first kappa shape index (κ1) is 12.7. The zero-order valence-corrected chi connectivity index (χ0v) is 11.0. The summed E-state index contributed by atoms with van der Waals surface area (Å²) in [6, 6.07) is 17.6. The molecular formula is C16H16N2O2. The van der Waals surface area contributed by atoms with E-state index in [-0.39, 0.29) is 0 Å². The van der Waals surface area contributed by atoms with Crippen molar-refractivity contribution in [2.75, 3.05) is 6.54 Å². The molecule has 2 aromatic rings. The number of benzene rings is 2. The fourth-order valence-corrected chi connectivity index (χ4v) is 2.07. The van der Waals surface area contributed by atoms with Crippen LogP contribution in [0.1, 0.15) is 5.56 Å². The molecule has 0 saturated carbocycles. The van der Waals surface area contributed by atoms with Gasteiger partial charge in [-0.1, -0.05) is 42.5 Å². The van der Waals surface area contributed by atoms with Crippen molar-refractivity contribution in [3.63, 3.8) is 0 Å². The summed E-state index contributed by atoms with van der Waals surface area (Å²) >= 11 is 0.